The molecule has 0 bridgehead atoms. The predicted octanol–water partition coefficient (Wildman–Crippen LogP) is 7.35. The largest absolute Gasteiger partial charge is 0.507 e. The number of carbonyl (C=O) groups excluding carboxylic acids is 1. The van der Waals surface area contributed by atoms with Crippen LogP contribution in [0.1, 0.15) is 24.0 Å². The highest BCUT2D eigenvalue weighted by atomic mass is 35.5. The zero-order valence-corrected chi connectivity index (χ0v) is 26.0. The Kier molecular flexibility index (Phi) is 10.7. The van der Waals surface area contributed by atoms with E-state index in [2.05, 4.69) is 39.1 Å². The Morgan fingerprint density at radius 3 is 2.47 bits per heavy atom. The fourth-order valence-corrected chi connectivity index (χ4v) is 6.56. The maximum atomic E-state index is 13.6. The van der Waals surface area contributed by atoms with Crippen LogP contribution in [0.15, 0.2) is 82.5 Å². The van der Waals surface area contributed by atoms with E-state index in [4.69, 9.17) is 11.6 Å². The van der Waals surface area contributed by atoms with Gasteiger partial charge in [-0.2, -0.15) is 13.2 Å². The minimum Gasteiger partial charge on any atom is -0.507 e. The molecule has 0 aliphatic carbocycles. The van der Waals surface area contributed by atoms with E-state index in [1.807, 2.05) is 18.2 Å². The molecular formula is C34H33ClF3N3O3S. The zero-order chi connectivity index (χ0) is 32.0. The molecule has 0 saturated carbocycles. The summed E-state index contributed by atoms with van der Waals surface area (Å²) in [6, 6.07) is 17.4. The Labute approximate surface area is 268 Å². The standard InChI is InChI=1S/C34H33ClF3N3O3S/c35-25-11-13-30(43)28(21-25)31-27-20-24(34(36,37)38)10-12-29(27)39-33(44)32(31)45-22-26(42)9-5-15-41-18-16-40(17-19-41)14-4-8-23-6-2-1-3-7-23/h1-4,6-8,10-13,20-21,43H,5,9,14-19,22H2,(H,39,44). The third kappa shape index (κ3) is 8.58. The molecular weight excluding hydrogens is 623 g/mol. The lowest BCUT2D eigenvalue weighted by Gasteiger charge is -2.34. The molecule has 0 atom stereocenters. The van der Waals surface area contributed by atoms with Gasteiger partial charge in [0.15, 0.2) is 0 Å². The topological polar surface area (TPSA) is 76.6 Å². The number of fused-ring (bicyclic) bond motifs is 1. The van der Waals surface area contributed by atoms with Crippen LogP contribution < -0.4 is 5.56 Å². The van der Waals surface area contributed by atoms with Gasteiger partial charge in [0.1, 0.15) is 11.5 Å². The van der Waals surface area contributed by atoms with Crippen LogP contribution in [0.25, 0.3) is 28.1 Å². The van der Waals surface area contributed by atoms with Gasteiger partial charge in [-0.1, -0.05) is 54.1 Å². The number of thioether (sulfide) groups is 1. The average molecular weight is 656 g/mol. The molecule has 236 valence electrons. The van der Waals surface area contributed by atoms with Crippen molar-refractivity contribution in [1.82, 2.24) is 14.8 Å². The van der Waals surface area contributed by atoms with Gasteiger partial charge in [0.2, 0.25) is 0 Å². The van der Waals surface area contributed by atoms with Gasteiger partial charge in [-0.3, -0.25) is 14.5 Å². The summed E-state index contributed by atoms with van der Waals surface area (Å²) in [6.07, 6.45) is 0.665. The number of hydrogen-bond acceptors (Lipinski definition) is 6. The number of aromatic nitrogens is 1. The van der Waals surface area contributed by atoms with Gasteiger partial charge in [0.05, 0.1) is 16.2 Å². The van der Waals surface area contributed by atoms with E-state index >= 15 is 0 Å². The zero-order valence-electron chi connectivity index (χ0n) is 24.4. The molecule has 1 aliphatic rings. The van der Waals surface area contributed by atoms with Crippen LogP contribution >= 0.6 is 23.4 Å². The third-order valence-corrected chi connectivity index (χ3v) is 9.15. The van der Waals surface area contributed by atoms with Crippen molar-refractivity contribution in [2.75, 3.05) is 45.0 Å². The second-order valence-electron chi connectivity index (χ2n) is 11.0. The Bertz CT molecular complexity index is 1740. The SMILES string of the molecule is O=C(CCCN1CCN(CC=Cc2ccccc2)CC1)CSc1c(-c2cc(Cl)ccc2O)c2cc(C(F)(F)F)ccc2[nH]c1=O. The minimum absolute atomic E-state index is 0.0383. The van der Waals surface area contributed by atoms with E-state index in [-0.39, 0.29) is 49.2 Å². The summed E-state index contributed by atoms with van der Waals surface area (Å²) in [6.45, 7) is 5.40. The molecule has 4 aromatic rings. The number of ketones is 1. The number of rotatable bonds is 11. The number of nitrogens with zero attached hydrogens (tertiary/aromatic N) is 2. The van der Waals surface area contributed by atoms with Gasteiger partial charge in [-0.15, -0.1) is 11.8 Å². The van der Waals surface area contributed by atoms with Crippen molar-refractivity contribution in [1.29, 1.82) is 0 Å². The van der Waals surface area contributed by atoms with Gasteiger partial charge < -0.3 is 15.0 Å². The van der Waals surface area contributed by atoms with Crippen molar-refractivity contribution in [3.05, 3.63) is 99.3 Å². The van der Waals surface area contributed by atoms with E-state index in [9.17, 15) is 27.9 Å². The van der Waals surface area contributed by atoms with Crippen LogP contribution in [-0.2, 0) is 11.0 Å². The molecule has 0 spiro atoms. The summed E-state index contributed by atoms with van der Waals surface area (Å²) in [5, 5.41) is 11.0. The highest BCUT2D eigenvalue weighted by molar-refractivity contribution is 8.00. The molecule has 1 aliphatic heterocycles. The molecule has 3 aromatic carbocycles. The summed E-state index contributed by atoms with van der Waals surface area (Å²) >= 11 is 7.12. The van der Waals surface area contributed by atoms with Crippen LogP contribution in [0.4, 0.5) is 13.2 Å². The summed E-state index contributed by atoms with van der Waals surface area (Å²) in [5.41, 5.74) is 0.105. The first kappa shape index (κ1) is 32.8. The van der Waals surface area contributed by atoms with E-state index < -0.39 is 17.3 Å². The molecule has 5 rings (SSSR count). The van der Waals surface area contributed by atoms with Crippen molar-refractivity contribution >= 4 is 46.1 Å². The Hall–Kier alpha value is -3.57. The number of benzene rings is 3. The highest BCUT2D eigenvalue weighted by Gasteiger charge is 2.31. The van der Waals surface area contributed by atoms with Crippen molar-refractivity contribution in [2.24, 2.45) is 0 Å². The van der Waals surface area contributed by atoms with Gasteiger partial charge in [-0.05, 0) is 54.9 Å². The normalized spacial score (nSPS) is 14.8. The number of carbonyl (C=O) groups is 1. The maximum Gasteiger partial charge on any atom is 0.416 e. The molecule has 11 heteroatoms. The molecule has 2 N–H and O–H groups in total. The predicted molar refractivity (Wildman–Crippen MR) is 175 cm³/mol. The quantitative estimate of drug-likeness (QED) is 0.165. The number of nitrogens with one attached hydrogen (secondary N) is 1. The lowest BCUT2D eigenvalue weighted by molar-refractivity contribution is -0.137. The number of phenols is 1. The third-order valence-electron chi connectivity index (χ3n) is 7.77. The molecule has 1 aromatic heterocycles. The Balaban J connectivity index is 1.20. The monoisotopic (exact) mass is 655 g/mol. The number of aromatic amines is 1. The maximum absolute atomic E-state index is 13.6. The van der Waals surface area contributed by atoms with Crippen LogP contribution in [0.3, 0.4) is 0 Å². The lowest BCUT2D eigenvalue weighted by Crippen LogP contribution is -2.46. The molecule has 6 nitrogen and oxygen atoms in total. The second-order valence-corrected chi connectivity index (χ2v) is 12.4. The van der Waals surface area contributed by atoms with E-state index in [1.165, 1.54) is 29.8 Å². The molecule has 45 heavy (non-hydrogen) atoms. The summed E-state index contributed by atoms with van der Waals surface area (Å²) in [4.78, 5) is 33.5. The van der Waals surface area contributed by atoms with Crippen molar-refractivity contribution in [2.45, 2.75) is 23.9 Å². The van der Waals surface area contributed by atoms with Crippen molar-refractivity contribution < 1.29 is 23.1 Å². The van der Waals surface area contributed by atoms with E-state index in [0.717, 1.165) is 63.2 Å². The number of hydrogen-bond donors (Lipinski definition) is 2. The summed E-state index contributed by atoms with van der Waals surface area (Å²) in [5.74, 6) is -0.359. The Morgan fingerprint density at radius 1 is 1.00 bits per heavy atom. The number of piperazine rings is 1. The first-order valence-corrected chi connectivity index (χ1v) is 16.0. The van der Waals surface area contributed by atoms with Gasteiger partial charge in [0, 0.05) is 66.2 Å². The van der Waals surface area contributed by atoms with Crippen molar-refractivity contribution in [3.63, 3.8) is 0 Å². The van der Waals surface area contributed by atoms with E-state index in [1.54, 1.807) is 0 Å². The average Bonchev–Trinajstić information content (AvgIpc) is 3.01. The molecule has 0 radical (unpaired) electrons. The number of alkyl halides is 3. The molecule has 0 unspecified atom stereocenters. The number of Topliss-reactive ketones (excluding diaryl/α,β-unsaturated/α-hetero) is 1. The van der Waals surface area contributed by atoms with Gasteiger partial charge >= 0.3 is 6.18 Å². The van der Waals surface area contributed by atoms with Gasteiger partial charge in [-0.25, -0.2) is 0 Å². The van der Waals surface area contributed by atoms with E-state index in [0.29, 0.717) is 12.8 Å². The number of pyridine rings is 1. The molecule has 1 saturated heterocycles. The smallest absolute Gasteiger partial charge is 0.416 e. The molecule has 2 heterocycles. The lowest BCUT2D eigenvalue weighted by atomic mass is 9.98. The fourth-order valence-electron chi connectivity index (χ4n) is 5.39. The number of halogens is 4. The number of H-pyrrole nitrogens is 1. The van der Waals surface area contributed by atoms with Crippen LogP contribution in [-0.4, -0.2) is 70.7 Å². The molecule has 1 fully saturated rings. The summed E-state index contributed by atoms with van der Waals surface area (Å²) < 4.78 is 40.8. The second kappa shape index (κ2) is 14.7. The first-order chi connectivity index (χ1) is 21.6. The fraction of sp³-hybridized carbons (Fsp3) is 0.294. The highest BCUT2D eigenvalue weighted by Crippen LogP contribution is 2.42. The van der Waals surface area contributed by atoms with Crippen LogP contribution in [0.5, 0.6) is 5.75 Å². The minimum atomic E-state index is -4.62. The van der Waals surface area contributed by atoms with Gasteiger partial charge in [0.25, 0.3) is 5.56 Å². The van der Waals surface area contributed by atoms with Crippen LogP contribution in [0.2, 0.25) is 5.02 Å². The van der Waals surface area contributed by atoms with Crippen molar-refractivity contribution in [3.8, 4) is 16.9 Å². The number of phenolic OH excluding ortho intramolecular Hbond substituents is 1. The first-order valence-electron chi connectivity index (χ1n) is 14.7. The summed E-state index contributed by atoms with van der Waals surface area (Å²) in [7, 11) is 0. The van der Waals surface area contributed by atoms with Crippen LogP contribution in [0, 0.1) is 0 Å². The molecule has 0 amide bonds. The number of aromatic hydroxyl groups is 1. The Morgan fingerprint density at radius 2 is 1.73 bits per heavy atom.